The predicted octanol–water partition coefficient (Wildman–Crippen LogP) is 0.196. The van der Waals surface area contributed by atoms with Gasteiger partial charge in [0.25, 0.3) is 0 Å². The van der Waals surface area contributed by atoms with Crippen LogP contribution in [0.25, 0.3) is 0 Å². The van der Waals surface area contributed by atoms with E-state index in [0.717, 1.165) is 0 Å². The third-order valence-corrected chi connectivity index (χ3v) is 2.11. The number of hydrogen-bond donors (Lipinski definition) is 2. The Labute approximate surface area is 92.6 Å². The molecule has 0 spiro atoms. The molecule has 80 valence electrons. The van der Waals surface area contributed by atoms with Crippen LogP contribution in [-0.2, 0) is 4.74 Å². The third kappa shape index (κ3) is 2.96. The lowest BCUT2D eigenvalue weighted by Gasteiger charge is -2.06. The number of rotatable bonds is 3. The van der Waals surface area contributed by atoms with E-state index in [0.29, 0.717) is 0 Å². The Bertz CT molecular complexity index is 367. The Morgan fingerprint density at radius 3 is 2.73 bits per heavy atom. The van der Waals surface area contributed by atoms with E-state index in [9.17, 15) is 4.79 Å². The predicted molar refractivity (Wildman–Crippen MR) is 57.2 cm³/mol. The third-order valence-electron chi connectivity index (χ3n) is 1.78. The van der Waals surface area contributed by atoms with Gasteiger partial charge in [0.1, 0.15) is 0 Å². The van der Waals surface area contributed by atoms with Gasteiger partial charge in [-0.1, -0.05) is 17.7 Å². The summed E-state index contributed by atoms with van der Waals surface area (Å²) in [5, 5.41) is 18.0. The first kappa shape index (κ1) is 12.0. The van der Waals surface area contributed by atoms with Gasteiger partial charge < -0.3 is 14.8 Å². The zero-order valence-corrected chi connectivity index (χ0v) is 8.86. The summed E-state index contributed by atoms with van der Waals surface area (Å²) < 4.78 is 4.76. The van der Waals surface area contributed by atoms with Crippen molar-refractivity contribution < 1.29 is 19.6 Å². The molecular weight excluding hydrogens is 218 g/mol. The Hall–Kier alpha value is -1.04. The Morgan fingerprint density at radius 1 is 1.53 bits per heavy atom. The summed E-state index contributed by atoms with van der Waals surface area (Å²) >= 11 is 5.77. The number of carbonyl (C=O) groups is 1. The minimum atomic E-state index is -1.63. The van der Waals surface area contributed by atoms with Gasteiger partial charge in [-0.15, -0.1) is 0 Å². The van der Waals surface area contributed by atoms with Crippen molar-refractivity contribution in [2.75, 3.05) is 6.61 Å². The van der Waals surface area contributed by atoms with Gasteiger partial charge >= 0.3 is 13.1 Å². The van der Waals surface area contributed by atoms with Crippen LogP contribution < -0.4 is 5.46 Å². The molecule has 6 heteroatoms. The molecule has 0 heterocycles. The van der Waals surface area contributed by atoms with Crippen molar-refractivity contribution in [3.8, 4) is 0 Å². The Kier molecular flexibility index (Phi) is 4.14. The SMILES string of the molecule is CCOC(=O)c1cc(B(O)O)ccc1Cl. The summed E-state index contributed by atoms with van der Waals surface area (Å²) in [4.78, 5) is 11.4. The lowest BCUT2D eigenvalue weighted by molar-refractivity contribution is 0.0526. The second-order valence-electron chi connectivity index (χ2n) is 2.83. The molecule has 0 aliphatic heterocycles. The van der Waals surface area contributed by atoms with Gasteiger partial charge in [-0.05, 0) is 24.5 Å². The molecule has 2 N–H and O–H groups in total. The van der Waals surface area contributed by atoms with Crippen LogP contribution in [0.2, 0.25) is 5.02 Å². The van der Waals surface area contributed by atoms with E-state index in [1.807, 2.05) is 0 Å². The molecule has 0 fully saturated rings. The van der Waals surface area contributed by atoms with Crippen molar-refractivity contribution in [1.82, 2.24) is 0 Å². The maximum absolute atomic E-state index is 11.4. The molecule has 0 bridgehead atoms. The number of ether oxygens (including phenoxy) is 1. The molecule has 0 aliphatic carbocycles. The highest BCUT2D eigenvalue weighted by atomic mass is 35.5. The van der Waals surface area contributed by atoms with Crippen molar-refractivity contribution in [2.45, 2.75) is 6.92 Å². The molecule has 1 aromatic rings. The van der Waals surface area contributed by atoms with Crippen LogP contribution in [0.3, 0.4) is 0 Å². The number of benzene rings is 1. The van der Waals surface area contributed by atoms with Crippen molar-refractivity contribution >= 4 is 30.2 Å². The van der Waals surface area contributed by atoms with E-state index in [4.69, 9.17) is 26.4 Å². The van der Waals surface area contributed by atoms with Crippen molar-refractivity contribution in [3.63, 3.8) is 0 Å². The minimum absolute atomic E-state index is 0.129. The molecule has 0 radical (unpaired) electrons. The zero-order chi connectivity index (χ0) is 11.4. The fourth-order valence-electron chi connectivity index (χ4n) is 1.07. The topological polar surface area (TPSA) is 66.8 Å². The van der Waals surface area contributed by atoms with E-state index in [-0.39, 0.29) is 22.7 Å². The van der Waals surface area contributed by atoms with Crippen molar-refractivity contribution in [2.24, 2.45) is 0 Å². The molecule has 0 unspecified atom stereocenters. The van der Waals surface area contributed by atoms with Gasteiger partial charge in [-0.3, -0.25) is 0 Å². The van der Waals surface area contributed by atoms with Crippen LogP contribution in [-0.4, -0.2) is 29.7 Å². The second-order valence-corrected chi connectivity index (χ2v) is 3.24. The second kappa shape index (κ2) is 5.16. The molecule has 15 heavy (non-hydrogen) atoms. The fraction of sp³-hybridized carbons (Fsp3) is 0.222. The molecule has 0 saturated carbocycles. The normalized spacial score (nSPS) is 9.87. The first-order valence-corrected chi connectivity index (χ1v) is 4.76. The molecule has 1 rings (SSSR count). The molecule has 1 aromatic carbocycles. The summed E-state index contributed by atoms with van der Waals surface area (Å²) in [6.45, 7) is 1.91. The van der Waals surface area contributed by atoms with Gasteiger partial charge in [0, 0.05) is 0 Å². The molecular formula is C9H10BClO4. The number of carbonyl (C=O) groups excluding carboxylic acids is 1. The van der Waals surface area contributed by atoms with Crippen LogP contribution in [0, 0.1) is 0 Å². The van der Waals surface area contributed by atoms with Crippen LogP contribution in [0.1, 0.15) is 17.3 Å². The summed E-state index contributed by atoms with van der Waals surface area (Å²) in [5.41, 5.74) is 0.326. The van der Waals surface area contributed by atoms with Crippen LogP contribution in [0.5, 0.6) is 0 Å². The average molecular weight is 228 g/mol. The van der Waals surface area contributed by atoms with E-state index < -0.39 is 13.1 Å². The first-order valence-electron chi connectivity index (χ1n) is 4.39. The lowest BCUT2D eigenvalue weighted by Crippen LogP contribution is -2.30. The maximum Gasteiger partial charge on any atom is 0.488 e. The maximum atomic E-state index is 11.4. The first-order chi connectivity index (χ1) is 7.06. The minimum Gasteiger partial charge on any atom is -0.462 e. The monoisotopic (exact) mass is 228 g/mol. The summed E-state index contributed by atoms with van der Waals surface area (Å²) in [6.07, 6.45) is 0. The van der Waals surface area contributed by atoms with Gasteiger partial charge in [0.05, 0.1) is 17.2 Å². The Morgan fingerprint density at radius 2 is 2.20 bits per heavy atom. The molecule has 0 atom stereocenters. The molecule has 4 nitrogen and oxygen atoms in total. The summed E-state index contributed by atoms with van der Waals surface area (Å²) in [7, 11) is -1.63. The summed E-state index contributed by atoms with van der Waals surface area (Å²) in [5.74, 6) is -0.579. The zero-order valence-electron chi connectivity index (χ0n) is 8.11. The highest BCUT2D eigenvalue weighted by Gasteiger charge is 2.17. The molecule has 0 aromatic heterocycles. The fourth-order valence-corrected chi connectivity index (χ4v) is 1.26. The Balaban J connectivity index is 3.05. The van der Waals surface area contributed by atoms with Gasteiger partial charge in [0.2, 0.25) is 0 Å². The van der Waals surface area contributed by atoms with E-state index >= 15 is 0 Å². The quantitative estimate of drug-likeness (QED) is 0.573. The van der Waals surface area contributed by atoms with Crippen molar-refractivity contribution in [1.29, 1.82) is 0 Å². The lowest BCUT2D eigenvalue weighted by atomic mass is 9.79. The van der Waals surface area contributed by atoms with Gasteiger partial charge in [0.15, 0.2) is 0 Å². The molecule has 0 saturated heterocycles. The smallest absolute Gasteiger partial charge is 0.462 e. The molecule has 0 aliphatic rings. The van der Waals surface area contributed by atoms with Crippen molar-refractivity contribution in [3.05, 3.63) is 28.8 Å². The molecule has 0 amide bonds. The van der Waals surface area contributed by atoms with Crippen LogP contribution in [0.4, 0.5) is 0 Å². The highest BCUT2D eigenvalue weighted by molar-refractivity contribution is 6.58. The van der Waals surface area contributed by atoms with E-state index in [2.05, 4.69) is 0 Å². The number of halogens is 1. The largest absolute Gasteiger partial charge is 0.488 e. The number of hydrogen-bond acceptors (Lipinski definition) is 4. The van der Waals surface area contributed by atoms with Crippen LogP contribution in [0.15, 0.2) is 18.2 Å². The van der Waals surface area contributed by atoms with E-state index in [1.165, 1.54) is 18.2 Å². The van der Waals surface area contributed by atoms with Gasteiger partial charge in [-0.25, -0.2) is 4.79 Å². The highest BCUT2D eigenvalue weighted by Crippen LogP contribution is 2.15. The van der Waals surface area contributed by atoms with Gasteiger partial charge in [-0.2, -0.15) is 0 Å². The standard InChI is InChI=1S/C9H10BClO4/c1-2-15-9(12)7-5-6(10(13)14)3-4-8(7)11/h3-5,13-14H,2H2,1H3. The average Bonchev–Trinajstić information content (AvgIpc) is 2.18. The van der Waals surface area contributed by atoms with E-state index in [1.54, 1.807) is 6.92 Å². The number of esters is 1. The van der Waals surface area contributed by atoms with Crippen LogP contribution >= 0.6 is 11.6 Å². The summed E-state index contributed by atoms with van der Waals surface area (Å²) in [6, 6.07) is 4.14.